The van der Waals surface area contributed by atoms with Gasteiger partial charge in [-0.3, -0.25) is 0 Å². The first-order valence-corrected chi connectivity index (χ1v) is 5.66. The van der Waals surface area contributed by atoms with E-state index in [4.69, 9.17) is 5.73 Å². The van der Waals surface area contributed by atoms with E-state index in [1.807, 2.05) is 0 Å². The van der Waals surface area contributed by atoms with Crippen molar-refractivity contribution in [3.05, 3.63) is 0 Å². The van der Waals surface area contributed by atoms with Gasteiger partial charge in [0.1, 0.15) is 0 Å². The summed E-state index contributed by atoms with van der Waals surface area (Å²) < 4.78 is 0. The highest BCUT2D eigenvalue weighted by molar-refractivity contribution is 4.97. The lowest BCUT2D eigenvalue weighted by Gasteiger charge is -2.46. The van der Waals surface area contributed by atoms with Crippen LogP contribution in [0.4, 0.5) is 0 Å². The summed E-state index contributed by atoms with van der Waals surface area (Å²) in [5.41, 5.74) is 6.71. The fraction of sp³-hybridized carbons (Fsp3) is 1.00. The molecular formula is C11H24N2. The van der Waals surface area contributed by atoms with E-state index in [0.717, 1.165) is 13.1 Å². The van der Waals surface area contributed by atoms with Crippen molar-refractivity contribution in [1.29, 1.82) is 0 Å². The fourth-order valence-corrected chi connectivity index (χ4v) is 2.62. The molecule has 0 aromatic carbocycles. The summed E-state index contributed by atoms with van der Waals surface area (Å²) in [5.74, 6) is 0.675. The smallest absolute Gasteiger partial charge is 0.0148 e. The van der Waals surface area contributed by atoms with Gasteiger partial charge in [0.15, 0.2) is 0 Å². The molecule has 0 aliphatic carbocycles. The molecule has 1 aliphatic rings. The number of nitrogens with one attached hydrogen (secondary N) is 1. The van der Waals surface area contributed by atoms with Gasteiger partial charge in [0.05, 0.1) is 0 Å². The number of hydrogen-bond acceptors (Lipinski definition) is 2. The normalized spacial score (nSPS) is 33.2. The summed E-state index contributed by atoms with van der Waals surface area (Å²) >= 11 is 0. The number of piperidine rings is 1. The summed E-state index contributed by atoms with van der Waals surface area (Å²) in [4.78, 5) is 0. The molecule has 0 radical (unpaired) electrons. The van der Waals surface area contributed by atoms with Crippen LogP contribution in [0.1, 0.15) is 40.0 Å². The van der Waals surface area contributed by atoms with Crippen LogP contribution in [-0.4, -0.2) is 19.1 Å². The standard InChI is InChI=1S/C11H24N2/c1-4-9-7-13-8-11(5-2,6-3)10(9)12/h9-10,13H,4-8,12H2,1-3H3. The maximum absolute atomic E-state index is 6.35. The van der Waals surface area contributed by atoms with Crippen molar-refractivity contribution < 1.29 is 0 Å². The van der Waals surface area contributed by atoms with Gasteiger partial charge < -0.3 is 11.1 Å². The minimum Gasteiger partial charge on any atom is -0.327 e. The zero-order valence-corrected chi connectivity index (χ0v) is 9.27. The van der Waals surface area contributed by atoms with Crippen LogP contribution in [0.5, 0.6) is 0 Å². The van der Waals surface area contributed by atoms with Gasteiger partial charge >= 0.3 is 0 Å². The zero-order valence-electron chi connectivity index (χ0n) is 9.27. The maximum atomic E-state index is 6.35. The first-order valence-electron chi connectivity index (χ1n) is 5.66. The second-order valence-electron chi connectivity index (χ2n) is 4.39. The molecule has 1 heterocycles. The molecule has 0 spiro atoms. The summed E-state index contributed by atoms with van der Waals surface area (Å²) in [6.45, 7) is 9.00. The Bertz CT molecular complexity index is 152. The lowest BCUT2D eigenvalue weighted by molar-refractivity contribution is 0.105. The lowest BCUT2D eigenvalue weighted by atomic mass is 9.68. The Balaban J connectivity index is 2.72. The van der Waals surface area contributed by atoms with Gasteiger partial charge in [-0.05, 0) is 30.7 Å². The van der Waals surface area contributed by atoms with Crippen LogP contribution in [0.15, 0.2) is 0 Å². The van der Waals surface area contributed by atoms with Gasteiger partial charge in [0.25, 0.3) is 0 Å². The van der Waals surface area contributed by atoms with Crippen LogP contribution in [-0.2, 0) is 0 Å². The molecule has 0 saturated carbocycles. The van der Waals surface area contributed by atoms with Crippen LogP contribution in [0.2, 0.25) is 0 Å². The fourth-order valence-electron chi connectivity index (χ4n) is 2.62. The van der Waals surface area contributed by atoms with Gasteiger partial charge in [0.2, 0.25) is 0 Å². The van der Waals surface area contributed by atoms with E-state index in [1.54, 1.807) is 0 Å². The average molecular weight is 184 g/mol. The Morgan fingerprint density at radius 3 is 2.38 bits per heavy atom. The highest BCUT2D eigenvalue weighted by Crippen LogP contribution is 2.35. The predicted octanol–water partition coefficient (Wildman–Crippen LogP) is 1.75. The second-order valence-corrected chi connectivity index (χ2v) is 4.39. The minimum absolute atomic E-state index is 0.360. The third-order valence-electron chi connectivity index (χ3n) is 4.03. The van der Waals surface area contributed by atoms with Crippen molar-refractivity contribution >= 4 is 0 Å². The van der Waals surface area contributed by atoms with E-state index in [2.05, 4.69) is 26.1 Å². The van der Waals surface area contributed by atoms with E-state index < -0.39 is 0 Å². The second kappa shape index (κ2) is 4.43. The molecule has 0 aromatic rings. The van der Waals surface area contributed by atoms with E-state index in [9.17, 15) is 0 Å². The Morgan fingerprint density at radius 1 is 1.31 bits per heavy atom. The summed E-state index contributed by atoms with van der Waals surface area (Å²) in [6, 6.07) is 0.397. The molecule has 13 heavy (non-hydrogen) atoms. The monoisotopic (exact) mass is 184 g/mol. The van der Waals surface area contributed by atoms with E-state index in [1.165, 1.54) is 19.3 Å². The van der Waals surface area contributed by atoms with Gasteiger partial charge in [-0.2, -0.15) is 0 Å². The highest BCUT2D eigenvalue weighted by Gasteiger charge is 2.39. The van der Waals surface area contributed by atoms with Crippen molar-refractivity contribution in [1.82, 2.24) is 5.32 Å². The van der Waals surface area contributed by atoms with E-state index in [0.29, 0.717) is 17.4 Å². The first-order chi connectivity index (χ1) is 6.20. The van der Waals surface area contributed by atoms with Crippen molar-refractivity contribution in [2.45, 2.75) is 46.1 Å². The van der Waals surface area contributed by atoms with Crippen molar-refractivity contribution in [3.63, 3.8) is 0 Å². The van der Waals surface area contributed by atoms with Gasteiger partial charge in [-0.1, -0.05) is 27.2 Å². The Labute approximate surface area is 82.3 Å². The minimum atomic E-state index is 0.360. The van der Waals surface area contributed by atoms with Crippen LogP contribution < -0.4 is 11.1 Å². The molecule has 1 rings (SSSR count). The summed E-state index contributed by atoms with van der Waals surface area (Å²) in [6.07, 6.45) is 3.61. The number of nitrogens with two attached hydrogens (primary N) is 1. The molecule has 0 aromatic heterocycles. The molecule has 2 atom stereocenters. The number of rotatable bonds is 3. The summed E-state index contributed by atoms with van der Waals surface area (Å²) in [5, 5.41) is 3.53. The van der Waals surface area contributed by atoms with Crippen LogP contribution in [0.3, 0.4) is 0 Å². The maximum Gasteiger partial charge on any atom is 0.0148 e. The van der Waals surface area contributed by atoms with Crippen molar-refractivity contribution in [2.75, 3.05) is 13.1 Å². The largest absolute Gasteiger partial charge is 0.327 e. The lowest BCUT2D eigenvalue weighted by Crippen LogP contribution is -2.58. The molecule has 0 amide bonds. The van der Waals surface area contributed by atoms with Crippen molar-refractivity contribution in [3.8, 4) is 0 Å². The van der Waals surface area contributed by atoms with Gasteiger partial charge in [-0.15, -0.1) is 0 Å². The van der Waals surface area contributed by atoms with Crippen LogP contribution in [0.25, 0.3) is 0 Å². The molecule has 78 valence electrons. The first kappa shape index (κ1) is 11.0. The van der Waals surface area contributed by atoms with Gasteiger partial charge in [-0.25, -0.2) is 0 Å². The molecule has 1 saturated heterocycles. The molecule has 2 heteroatoms. The summed E-state index contributed by atoms with van der Waals surface area (Å²) in [7, 11) is 0. The molecule has 2 nitrogen and oxygen atoms in total. The molecular weight excluding hydrogens is 160 g/mol. The van der Waals surface area contributed by atoms with Gasteiger partial charge in [0, 0.05) is 12.6 Å². The molecule has 2 unspecified atom stereocenters. The third kappa shape index (κ3) is 1.89. The van der Waals surface area contributed by atoms with Crippen molar-refractivity contribution in [2.24, 2.45) is 17.1 Å². The average Bonchev–Trinajstić information content (AvgIpc) is 2.19. The predicted molar refractivity (Wildman–Crippen MR) is 57.6 cm³/mol. The Kier molecular flexibility index (Phi) is 3.74. The quantitative estimate of drug-likeness (QED) is 0.701. The zero-order chi connectivity index (χ0) is 9.90. The Hall–Kier alpha value is -0.0800. The van der Waals surface area contributed by atoms with E-state index >= 15 is 0 Å². The highest BCUT2D eigenvalue weighted by atomic mass is 14.9. The van der Waals surface area contributed by atoms with Crippen LogP contribution in [0, 0.1) is 11.3 Å². The SMILES string of the molecule is CCC1CNCC(CC)(CC)C1N. The molecule has 3 N–H and O–H groups in total. The number of hydrogen-bond donors (Lipinski definition) is 2. The molecule has 1 fully saturated rings. The van der Waals surface area contributed by atoms with Crippen LogP contribution >= 0.6 is 0 Å². The molecule has 0 bridgehead atoms. The molecule has 1 aliphatic heterocycles. The van der Waals surface area contributed by atoms with E-state index in [-0.39, 0.29) is 0 Å². The Morgan fingerprint density at radius 2 is 1.92 bits per heavy atom. The topological polar surface area (TPSA) is 38.0 Å². The third-order valence-corrected chi connectivity index (χ3v) is 4.03.